The van der Waals surface area contributed by atoms with Crippen molar-refractivity contribution in [1.29, 1.82) is 0 Å². The summed E-state index contributed by atoms with van der Waals surface area (Å²) in [5.74, 6) is -2.32. The van der Waals surface area contributed by atoms with Gasteiger partial charge in [0, 0.05) is 12.6 Å². The Bertz CT molecular complexity index is 1030. The predicted octanol–water partition coefficient (Wildman–Crippen LogP) is 4.32. The second-order valence-electron chi connectivity index (χ2n) is 6.66. The van der Waals surface area contributed by atoms with Crippen molar-refractivity contribution in [1.82, 2.24) is 4.90 Å². The van der Waals surface area contributed by atoms with Gasteiger partial charge in [0.25, 0.3) is 0 Å². The number of carbonyl (C=O) groups is 2. The molecule has 0 saturated heterocycles. The molecule has 1 N–H and O–H groups in total. The number of likely N-dealkylation sites (N-methyl/N-ethyl adjacent to an activating group) is 1. The summed E-state index contributed by atoms with van der Waals surface area (Å²) >= 11 is 1.28. The van der Waals surface area contributed by atoms with E-state index in [-0.39, 0.29) is 24.5 Å². The van der Waals surface area contributed by atoms with Crippen molar-refractivity contribution in [3.8, 4) is 16.9 Å². The van der Waals surface area contributed by atoms with E-state index in [1.54, 1.807) is 47.7 Å². The van der Waals surface area contributed by atoms with E-state index in [4.69, 9.17) is 9.84 Å². The quantitative estimate of drug-likeness (QED) is 0.511. The summed E-state index contributed by atoms with van der Waals surface area (Å²) in [5.41, 5.74) is 1.05. The molecule has 30 heavy (non-hydrogen) atoms. The Morgan fingerprint density at radius 2 is 1.80 bits per heavy atom. The largest absolute Gasteiger partial charge is 0.491 e. The first kappa shape index (κ1) is 21.6. The number of carboxylic acids is 1. The number of carbonyl (C=O) groups excluding carboxylic acids is 1. The van der Waals surface area contributed by atoms with Crippen molar-refractivity contribution in [2.75, 3.05) is 26.7 Å². The lowest BCUT2D eigenvalue weighted by Gasteiger charge is -2.16. The highest BCUT2D eigenvalue weighted by Crippen LogP contribution is 2.30. The minimum absolute atomic E-state index is 0.131. The molecule has 1 heterocycles. The molecule has 0 aliphatic heterocycles. The van der Waals surface area contributed by atoms with Crippen LogP contribution in [0.1, 0.15) is 15.2 Å². The number of hydrogen-bond donors (Lipinski definition) is 1. The van der Waals surface area contributed by atoms with E-state index in [2.05, 4.69) is 0 Å². The lowest BCUT2D eigenvalue weighted by Crippen LogP contribution is -2.29. The monoisotopic (exact) mass is 431 g/mol. The topological polar surface area (TPSA) is 66.8 Å². The van der Waals surface area contributed by atoms with Gasteiger partial charge in [0.1, 0.15) is 24.0 Å². The van der Waals surface area contributed by atoms with E-state index in [1.807, 2.05) is 0 Å². The van der Waals surface area contributed by atoms with Crippen LogP contribution in [0.3, 0.4) is 0 Å². The van der Waals surface area contributed by atoms with Gasteiger partial charge in [-0.15, -0.1) is 11.3 Å². The zero-order valence-corrected chi connectivity index (χ0v) is 16.9. The average Bonchev–Trinajstić information content (AvgIpc) is 3.21. The Morgan fingerprint density at radius 1 is 1.07 bits per heavy atom. The number of carboxylic acid groups (broad SMARTS) is 1. The van der Waals surface area contributed by atoms with Crippen molar-refractivity contribution in [3.63, 3.8) is 0 Å². The Kier molecular flexibility index (Phi) is 6.91. The van der Waals surface area contributed by atoms with Gasteiger partial charge in [-0.3, -0.25) is 14.5 Å². The highest BCUT2D eigenvalue weighted by Gasteiger charge is 2.18. The first-order chi connectivity index (χ1) is 14.3. The number of ketones is 1. The average molecular weight is 431 g/mol. The van der Waals surface area contributed by atoms with Crippen LogP contribution in [0.5, 0.6) is 5.75 Å². The van der Waals surface area contributed by atoms with Gasteiger partial charge < -0.3 is 9.84 Å². The number of benzene rings is 2. The number of rotatable bonds is 9. The summed E-state index contributed by atoms with van der Waals surface area (Å²) < 4.78 is 33.0. The van der Waals surface area contributed by atoms with Crippen LogP contribution in [0.4, 0.5) is 8.78 Å². The van der Waals surface area contributed by atoms with Crippen molar-refractivity contribution < 1.29 is 28.2 Å². The molecule has 3 rings (SSSR count). The number of nitrogens with zero attached hydrogens (tertiary/aromatic N) is 1. The minimum atomic E-state index is -0.947. The fourth-order valence-electron chi connectivity index (χ4n) is 2.90. The third kappa shape index (κ3) is 5.49. The Morgan fingerprint density at radius 3 is 2.43 bits per heavy atom. The molecule has 0 saturated carbocycles. The lowest BCUT2D eigenvalue weighted by atomic mass is 9.99. The Labute approximate surface area is 176 Å². The number of hydrogen-bond acceptors (Lipinski definition) is 5. The van der Waals surface area contributed by atoms with Crippen molar-refractivity contribution in [2.45, 2.75) is 0 Å². The zero-order valence-electron chi connectivity index (χ0n) is 16.1. The Hall–Kier alpha value is -3.10. The molecule has 3 aromatic rings. The molecular weight excluding hydrogens is 412 g/mol. The second-order valence-corrected chi connectivity index (χ2v) is 7.60. The molecule has 0 spiro atoms. The van der Waals surface area contributed by atoms with Gasteiger partial charge >= 0.3 is 5.97 Å². The molecule has 5 nitrogen and oxygen atoms in total. The highest BCUT2D eigenvalue weighted by atomic mass is 32.1. The van der Waals surface area contributed by atoms with Crippen LogP contribution in [-0.2, 0) is 4.79 Å². The maximum atomic E-state index is 13.6. The molecule has 0 atom stereocenters. The third-order valence-electron chi connectivity index (χ3n) is 4.30. The maximum absolute atomic E-state index is 13.6. The molecule has 1 aromatic heterocycles. The van der Waals surface area contributed by atoms with Crippen molar-refractivity contribution in [3.05, 3.63) is 76.0 Å². The van der Waals surface area contributed by atoms with Gasteiger partial charge in [-0.05, 0) is 53.9 Å². The van der Waals surface area contributed by atoms with Crippen molar-refractivity contribution in [2.24, 2.45) is 0 Å². The first-order valence-corrected chi connectivity index (χ1v) is 9.93. The van der Waals surface area contributed by atoms with E-state index < -0.39 is 17.6 Å². The summed E-state index contributed by atoms with van der Waals surface area (Å²) in [7, 11) is 1.65. The molecular formula is C22H19F2NO4S. The molecule has 0 aliphatic rings. The van der Waals surface area contributed by atoms with Gasteiger partial charge in [-0.2, -0.15) is 0 Å². The van der Waals surface area contributed by atoms with Gasteiger partial charge in [0.15, 0.2) is 0 Å². The van der Waals surface area contributed by atoms with E-state index in [0.717, 1.165) is 6.07 Å². The minimum Gasteiger partial charge on any atom is -0.491 e. The molecule has 8 heteroatoms. The van der Waals surface area contributed by atoms with Gasteiger partial charge in [-0.1, -0.05) is 12.1 Å². The van der Waals surface area contributed by atoms with Crippen molar-refractivity contribution >= 4 is 23.1 Å². The van der Waals surface area contributed by atoms with Crippen LogP contribution in [-0.4, -0.2) is 48.5 Å². The smallest absolute Gasteiger partial charge is 0.317 e. The van der Waals surface area contributed by atoms with Gasteiger partial charge in [0.2, 0.25) is 5.78 Å². The molecule has 0 amide bonds. The molecule has 2 aromatic carbocycles. The third-order valence-corrected chi connectivity index (χ3v) is 5.17. The summed E-state index contributed by atoms with van der Waals surface area (Å²) in [6.45, 7) is 0.382. The number of ether oxygens (including phenoxy) is 1. The summed E-state index contributed by atoms with van der Waals surface area (Å²) in [6.07, 6.45) is 0. The van der Waals surface area contributed by atoms with Crippen LogP contribution in [0.25, 0.3) is 11.1 Å². The molecule has 0 bridgehead atoms. The highest BCUT2D eigenvalue weighted by molar-refractivity contribution is 7.12. The number of aliphatic carboxylic acids is 1. The van der Waals surface area contributed by atoms with Crippen LogP contribution >= 0.6 is 11.3 Å². The fourth-order valence-corrected chi connectivity index (χ4v) is 3.57. The summed E-state index contributed by atoms with van der Waals surface area (Å²) in [5, 5.41) is 10.6. The molecule has 0 aliphatic carbocycles. The fraction of sp³-hybridized carbons (Fsp3) is 0.182. The van der Waals surface area contributed by atoms with Gasteiger partial charge in [0.05, 0.1) is 17.0 Å². The second kappa shape index (κ2) is 9.60. The van der Waals surface area contributed by atoms with E-state index in [9.17, 15) is 18.4 Å². The lowest BCUT2D eigenvalue weighted by molar-refractivity contribution is -0.138. The summed E-state index contributed by atoms with van der Waals surface area (Å²) in [4.78, 5) is 25.8. The molecule has 156 valence electrons. The summed E-state index contributed by atoms with van der Waals surface area (Å²) in [6, 6.07) is 11.4. The van der Waals surface area contributed by atoms with Crippen LogP contribution < -0.4 is 4.74 Å². The molecule has 0 radical (unpaired) electrons. The normalized spacial score (nSPS) is 10.9. The molecule has 0 fully saturated rings. The van der Waals surface area contributed by atoms with Crippen LogP contribution in [0.15, 0.2) is 53.9 Å². The van der Waals surface area contributed by atoms with E-state index in [1.165, 1.54) is 23.5 Å². The van der Waals surface area contributed by atoms with Gasteiger partial charge in [-0.25, -0.2) is 8.78 Å². The molecule has 0 unspecified atom stereocenters. The van der Waals surface area contributed by atoms with Crippen LogP contribution in [0, 0.1) is 11.6 Å². The predicted molar refractivity (Wildman–Crippen MR) is 110 cm³/mol. The van der Waals surface area contributed by atoms with Crippen LogP contribution in [0.2, 0.25) is 0 Å². The van der Waals surface area contributed by atoms with E-state index in [0.29, 0.717) is 28.3 Å². The number of thiophene rings is 1. The SMILES string of the molecule is CN(CCOc1ccc(-c2cc(F)cc(F)c2)cc1C(=O)c1cccs1)CC(=O)O. The Balaban J connectivity index is 1.89. The number of halogens is 2. The zero-order chi connectivity index (χ0) is 21.7. The van der Waals surface area contributed by atoms with E-state index >= 15 is 0 Å². The standard InChI is InChI=1S/C22H19F2NO4S/c1-25(13-21(26)27)6-7-29-19-5-4-14(15-9-16(23)12-17(24)10-15)11-18(19)22(28)20-3-2-8-30-20/h2-5,8-12H,6-7,13H2,1H3,(H,26,27). The maximum Gasteiger partial charge on any atom is 0.317 e. The first-order valence-electron chi connectivity index (χ1n) is 9.05.